The average molecular weight is 500 g/mol. The molecule has 1 heterocycles. The molecule has 2 fully saturated rings. The first-order chi connectivity index (χ1) is 11.9. The number of ether oxygens (including phenoxy) is 1. The molecule has 0 aromatic rings. The van der Waals surface area contributed by atoms with Crippen molar-refractivity contribution in [1.29, 1.82) is 0 Å². The maximum Gasteiger partial charge on any atom is 0.191 e. The van der Waals surface area contributed by atoms with Crippen LogP contribution in [0.2, 0.25) is 0 Å². The molecule has 1 saturated carbocycles. The molecule has 2 atom stereocenters. The van der Waals surface area contributed by atoms with Crippen LogP contribution in [0.3, 0.4) is 0 Å². The predicted molar refractivity (Wildman–Crippen MR) is 122 cm³/mol. The van der Waals surface area contributed by atoms with Gasteiger partial charge >= 0.3 is 0 Å². The highest BCUT2D eigenvalue weighted by Crippen LogP contribution is 2.40. The third-order valence-corrected chi connectivity index (χ3v) is 6.61. The Morgan fingerprint density at radius 2 is 2.00 bits per heavy atom. The van der Waals surface area contributed by atoms with E-state index in [0.717, 1.165) is 57.4 Å². The van der Waals surface area contributed by atoms with Crippen molar-refractivity contribution in [1.82, 2.24) is 15.5 Å². The van der Waals surface area contributed by atoms with Gasteiger partial charge < -0.3 is 20.5 Å². The minimum Gasteiger partial charge on any atom is -0.387 e. The van der Waals surface area contributed by atoms with Gasteiger partial charge in [0.15, 0.2) is 5.96 Å². The van der Waals surface area contributed by atoms with E-state index in [4.69, 9.17) is 9.73 Å². The van der Waals surface area contributed by atoms with Crippen LogP contribution in [-0.2, 0) is 4.74 Å². The lowest BCUT2D eigenvalue weighted by molar-refractivity contribution is -0.0199. The van der Waals surface area contributed by atoms with E-state index in [0.29, 0.717) is 18.3 Å². The normalized spacial score (nSPS) is 27.4. The SMILES string of the molecule is CCNC(=NCC(C)(C)N1CCOCC1)NCC1(O)CCC1SCC.I. The first-order valence-electron chi connectivity index (χ1n) is 9.60. The van der Waals surface area contributed by atoms with Gasteiger partial charge in [-0.1, -0.05) is 6.92 Å². The molecule has 0 amide bonds. The number of thioether (sulfide) groups is 1. The van der Waals surface area contributed by atoms with Gasteiger partial charge in [0, 0.05) is 37.0 Å². The van der Waals surface area contributed by atoms with E-state index in [1.807, 2.05) is 11.8 Å². The number of hydrogen-bond acceptors (Lipinski definition) is 5. The second kappa shape index (κ2) is 11.3. The van der Waals surface area contributed by atoms with Crippen molar-refractivity contribution < 1.29 is 9.84 Å². The van der Waals surface area contributed by atoms with Gasteiger partial charge in [0.05, 0.1) is 25.4 Å². The maximum absolute atomic E-state index is 10.8. The molecule has 0 aromatic heterocycles. The summed E-state index contributed by atoms with van der Waals surface area (Å²) in [4.78, 5) is 7.23. The summed E-state index contributed by atoms with van der Waals surface area (Å²) in [6.07, 6.45) is 1.98. The zero-order valence-electron chi connectivity index (χ0n) is 16.7. The second-order valence-electron chi connectivity index (χ2n) is 7.55. The number of guanidine groups is 1. The van der Waals surface area contributed by atoms with Gasteiger partial charge in [0.2, 0.25) is 0 Å². The Morgan fingerprint density at radius 1 is 1.31 bits per heavy atom. The lowest BCUT2D eigenvalue weighted by Gasteiger charge is -2.45. The molecular weight excluding hydrogens is 463 g/mol. The standard InChI is InChI=1S/C18H36N4O2S.HI/c1-5-19-16(21-14-18(23)8-7-15(18)25-6-2)20-13-17(3,4)22-9-11-24-12-10-22;/h15,23H,5-14H2,1-4H3,(H2,19,20,21);1H. The third kappa shape index (κ3) is 6.68. The fourth-order valence-corrected chi connectivity index (χ4v) is 4.56. The zero-order valence-corrected chi connectivity index (χ0v) is 19.9. The Morgan fingerprint density at radius 3 is 2.54 bits per heavy atom. The van der Waals surface area contributed by atoms with Gasteiger partial charge in [-0.05, 0) is 39.4 Å². The molecule has 2 rings (SSSR count). The topological polar surface area (TPSA) is 69.1 Å². The van der Waals surface area contributed by atoms with E-state index in [2.05, 4.69) is 43.2 Å². The van der Waals surface area contributed by atoms with E-state index in [-0.39, 0.29) is 29.5 Å². The second-order valence-corrected chi connectivity index (χ2v) is 9.03. The van der Waals surface area contributed by atoms with Crippen LogP contribution in [0.25, 0.3) is 0 Å². The molecule has 2 unspecified atom stereocenters. The van der Waals surface area contributed by atoms with Crippen molar-refractivity contribution in [3.8, 4) is 0 Å². The molecule has 8 heteroatoms. The van der Waals surface area contributed by atoms with Gasteiger partial charge in [-0.2, -0.15) is 11.8 Å². The molecule has 154 valence electrons. The summed E-state index contributed by atoms with van der Waals surface area (Å²) in [5, 5.41) is 17.8. The monoisotopic (exact) mass is 500 g/mol. The Kier molecular flexibility index (Phi) is 10.5. The minimum atomic E-state index is -0.601. The molecule has 0 radical (unpaired) electrons. The first kappa shape index (κ1) is 24.3. The van der Waals surface area contributed by atoms with Crippen LogP contribution in [-0.4, -0.2) is 84.0 Å². The van der Waals surface area contributed by atoms with Crippen molar-refractivity contribution in [3.05, 3.63) is 0 Å². The summed E-state index contributed by atoms with van der Waals surface area (Å²) in [6.45, 7) is 14.3. The number of nitrogens with one attached hydrogen (secondary N) is 2. The van der Waals surface area contributed by atoms with Crippen LogP contribution < -0.4 is 10.6 Å². The first-order valence-corrected chi connectivity index (χ1v) is 10.6. The fourth-order valence-electron chi connectivity index (χ4n) is 3.36. The molecule has 6 nitrogen and oxygen atoms in total. The maximum atomic E-state index is 10.8. The lowest BCUT2D eigenvalue weighted by Crippen LogP contribution is -2.58. The van der Waals surface area contributed by atoms with Gasteiger partial charge in [-0.15, -0.1) is 24.0 Å². The Hall–Kier alpha value is 0.230. The Bertz CT molecular complexity index is 447. The summed E-state index contributed by atoms with van der Waals surface area (Å²) in [6, 6.07) is 0. The number of rotatable bonds is 8. The average Bonchev–Trinajstić information content (AvgIpc) is 2.61. The van der Waals surface area contributed by atoms with E-state index in [1.165, 1.54) is 0 Å². The van der Waals surface area contributed by atoms with Crippen LogP contribution in [0.15, 0.2) is 4.99 Å². The van der Waals surface area contributed by atoms with Crippen molar-refractivity contribution in [2.75, 3.05) is 51.7 Å². The highest BCUT2D eigenvalue weighted by molar-refractivity contribution is 14.0. The fraction of sp³-hybridized carbons (Fsp3) is 0.944. The van der Waals surface area contributed by atoms with Crippen molar-refractivity contribution >= 4 is 41.7 Å². The van der Waals surface area contributed by atoms with Crippen LogP contribution >= 0.6 is 35.7 Å². The summed E-state index contributed by atoms with van der Waals surface area (Å²) in [7, 11) is 0. The van der Waals surface area contributed by atoms with Crippen LogP contribution in [0.5, 0.6) is 0 Å². The summed E-state index contributed by atoms with van der Waals surface area (Å²) >= 11 is 1.86. The number of morpholine rings is 1. The number of aliphatic hydroxyl groups is 1. The largest absolute Gasteiger partial charge is 0.387 e. The molecule has 2 aliphatic rings. The highest BCUT2D eigenvalue weighted by atomic mass is 127. The molecule has 26 heavy (non-hydrogen) atoms. The van der Waals surface area contributed by atoms with Crippen molar-refractivity contribution in [2.45, 2.75) is 56.9 Å². The number of halogens is 1. The van der Waals surface area contributed by atoms with Crippen LogP contribution in [0, 0.1) is 0 Å². The van der Waals surface area contributed by atoms with E-state index in [9.17, 15) is 5.11 Å². The summed E-state index contributed by atoms with van der Waals surface area (Å²) in [5.74, 6) is 1.85. The predicted octanol–water partition coefficient (Wildman–Crippen LogP) is 1.92. The smallest absolute Gasteiger partial charge is 0.191 e. The summed E-state index contributed by atoms with van der Waals surface area (Å²) in [5.41, 5.74) is -0.601. The molecule has 1 aliphatic carbocycles. The molecule has 0 bridgehead atoms. The molecular formula is C18H37IN4O2S. The lowest BCUT2D eigenvalue weighted by atomic mass is 9.79. The molecule has 1 aliphatic heterocycles. The van der Waals surface area contributed by atoms with E-state index < -0.39 is 5.60 Å². The number of aliphatic imine (C=N–C) groups is 1. The highest BCUT2D eigenvalue weighted by Gasteiger charge is 2.45. The molecule has 1 saturated heterocycles. The Labute approximate surface area is 180 Å². The number of nitrogens with zero attached hydrogens (tertiary/aromatic N) is 2. The number of hydrogen-bond donors (Lipinski definition) is 3. The van der Waals surface area contributed by atoms with Crippen LogP contribution in [0.1, 0.15) is 40.5 Å². The summed E-state index contributed by atoms with van der Waals surface area (Å²) < 4.78 is 5.45. The zero-order chi connectivity index (χ0) is 18.3. The van der Waals surface area contributed by atoms with E-state index in [1.54, 1.807) is 0 Å². The van der Waals surface area contributed by atoms with Gasteiger partial charge in [0.1, 0.15) is 0 Å². The van der Waals surface area contributed by atoms with Crippen molar-refractivity contribution in [2.24, 2.45) is 4.99 Å². The van der Waals surface area contributed by atoms with Gasteiger partial charge in [0.25, 0.3) is 0 Å². The quantitative estimate of drug-likeness (QED) is 0.269. The molecule has 0 aromatic carbocycles. The molecule has 0 spiro atoms. The van der Waals surface area contributed by atoms with Gasteiger partial charge in [-0.25, -0.2) is 0 Å². The van der Waals surface area contributed by atoms with Crippen molar-refractivity contribution in [3.63, 3.8) is 0 Å². The molecule has 3 N–H and O–H groups in total. The van der Waals surface area contributed by atoms with Gasteiger partial charge in [-0.3, -0.25) is 9.89 Å². The minimum absolute atomic E-state index is 0. The Balaban J connectivity index is 0.00000338. The van der Waals surface area contributed by atoms with E-state index >= 15 is 0 Å². The van der Waals surface area contributed by atoms with Crippen LogP contribution in [0.4, 0.5) is 0 Å². The third-order valence-electron chi connectivity index (χ3n) is 5.20.